The number of hydrogen-bond donors (Lipinski definition) is 1. The average Bonchev–Trinajstić information content (AvgIpc) is 2.55. The van der Waals surface area contributed by atoms with Gasteiger partial charge in [0.15, 0.2) is 5.75 Å². The maximum Gasteiger partial charge on any atom is 0.228 e. The number of hydrogen-bond acceptors (Lipinski definition) is 5. The molecular weight excluding hydrogens is 242 g/mol. The minimum atomic E-state index is 0.188. The van der Waals surface area contributed by atoms with Gasteiger partial charge in [-0.15, -0.1) is 0 Å². The van der Waals surface area contributed by atoms with Crippen LogP contribution in [0, 0.1) is 13.8 Å². The lowest BCUT2D eigenvalue weighted by molar-refractivity contribution is 0.444. The third-order valence-electron chi connectivity index (χ3n) is 3.10. The van der Waals surface area contributed by atoms with Crippen molar-refractivity contribution < 1.29 is 4.74 Å². The molecule has 0 aliphatic heterocycles. The van der Waals surface area contributed by atoms with E-state index in [0.717, 1.165) is 22.7 Å². The molecule has 0 saturated carbocycles. The lowest BCUT2D eigenvalue weighted by Gasteiger charge is -2.13. The Morgan fingerprint density at radius 1 is 1.26 bits per heavy atom. The Labute approximate surface area is 112 Å². The van der Waals surface area contributed by atoms with Crippen molar-refractivity contribution in [2.24, 2.45) is 7.05 Å². The second-order valence-corrected chi connectivity index (χ2v) is 4.86. The van der Waals surface area contributed by atoms with Crippen LogP contribution in [0.1, 0.15) is 36.7 Å². The summed E-state index contributed by atoms with van der Waals surface area (Å²) in [5.74, 6) is 1.87. The molecule has 6 heteroatoms. The van der Waals surface area contributed by atoms with E-state index in [1.807, 2.05) is 34.7 Å². The molecular formula is C13H19N5O. The van der Waals surface area contributed by atoms with Gasteiger partial charge in [0, 0.05) is 7.05 Å². The third kappa shape index (κ3) is 2.38. The van der Waals surface area contributed by atoms with Crippen LogP contribution in [0.25, 0.3) is 0 Å². The molecule has 0 atom stereocenters. The van der Waals surface area contributed by atoms with Crippen LogP contribution in [0.4, 0.5) is 5.82 Å². The molecule has 2 rings (SSSR count). The summed E-state index contributed by atoms with van der Waals surface area (Å²) in [4.78, 5) is 8.22. The van der Waals surface area contributed by atoms with E-state index >= 15 is 0 Å². The third-order valence-corrected chi connectivity index (χ3v) is 3.10. The van der Waals surface area contributed by atoms with Crippen LogP contribution < -0.4 is 10.5 Å². The highest BCUT2D eigenvalue weighted by atomic mass is 16.5. The SMILES string of the molecule is Cc1nn(C)c(C)c1Oc1ncnc(N)c1C(C)C. The Kier molecular flexibility index (Phi) is 3.42. The maximum absolute atomic E-state index is 5.92. The molecule has 0 aliphatic rings. The van der Waals surface area contributed by atoms with E-state index in [-0.39, 0.29) is 5.92 Å². The fraction of sp³-hybridized carbons (Fsp3) is 0.462. The standard InChI is InChI=1S/C13H19N5O/c1-7(2)10-12(14)15-6-16-13(10)19-11-8(3)17-18(5)9(11)4/h6-7H,1-5H3,(H2,14,15,16). The monoisotopic (exact) mass is 261 g/mol. The van der Waals surface area contributed by atoms with E-state index in [1.165, 1.54) is 6.33 Å². The number of aromatic nitrogens is 4. The Hall–Kier alpha value is -2.11. The summed E-state index contributed by atoms with van der Waals surface area (Å²) >= 11 is 0. The van der Waals surface area contributed by atoms with Gasteiger partial charge < -0.3 is 10.5 Å². The minimum Gasteiger partial charge on any atom is -0.435 e. The van der Waals surface area contributed by atoms with Gasteiger partial charge in [0.05, 0.1) is 11.3 Å². The van der Waals surface area contributed by atoms with E-state index in [2.05, 4.69) is 15.1 Å². The second-order valence-electron chi connectivity index (χ2n) is 4.86. The first-order valence-corrected chi connectivity index (χ1v) is 6.20. The van der Waals surface area contributed by atoms with Crippen LogP contribution >= 0.6 is 0 Å². The normalized spacial score (nSPS) is 11.1. The Balaban J connectivity index is 2.47. The largest absolute Gasteiger partial charge is 0.435 e. The lowest BCUT2D eigenvalue weighted by atomic mass is 10.1. The Morgan fingerprint density at radius 3 is 2.47 bits per heavy atom. The summed E-state index contributed by atoms with van der Waals surface area (Å²) in [5.41, 5.74) is 8.50. The average molecular weight is 261 g/mol. The van der Waals surface area contributed by atoms with Crippen LogP contribution in [0.2, 0.25) is 0 Å². The number of nitrogens with zero attached hydrogens (tertiary/aromatic N) is 4. The highest BCUT2D eigenvalue weighted by Crippen LogP contribution is 2.33. The first-order valence-electron chi connectivity index (χ1n) is 6.20. The van der Waals surface area contributed by atoms with Gasteiger partial charge in [-0.3, -0.25) is 4.68 Å². The van der Waals surface area contributed by atoms with Crippen molar-refractivity contribution in [2.75, 3.05) is 5.73 Å². The van der Waals surface area contributed by atoms with Crippen LogP contribution in [-0.2, 0) is 7.05 Å². The Bertz CT molecular complexity index is 603. The highest BCUT2D eigenvalue weighted by molar-refractivity contribution is 5.48. The van der Waals surface area contributed by atoms with Gasteiger partial charge in [-0.2, -0.15) is 5.10 Å². The second kappa shape index (κ2) is 4.87. The van der Waals surface area contributed by atoms with Crippen molar-refractivity contribution in [1.29, 1.82) is 0 Å². The van der Waals surface area contributed by atoms with Crippen LogP contribution in [-0.4, -0.2) is 19.7 Å². The molecule has 0 aromatic carbocycles. The van der Waals surface area contributed by atoms with Crippen molar-refractivity contribution >= 4 is 5.82 Å². The topological polar surface area (TPSA) is 78.8 Å². The number of anilines is 1. The smallest absolute Gasteiger partial charge is 0.228 e. The van der Waals surface area contributed by atoms with Gasteiger partial charge in [-0.05, 0) is 19.8 Å². The zero-order chi connectivity index (χ0) is 14.2. The van der Waals surface area contributed by atoms with Gasteiger partial charge in [0.25, 0.3) is 0 Å². The summed E-state index contributed by atoms with van der Waals surface area (Å²) in [7, 11) is 1.88. The summed E-state index contributed by atoms with van der Waals surface area (Å²) in [6, 6.07) is 0. The van der Waals surface area contributed by atoms with Crippen molar-refractivity contribution in [3.8, 4) is 11.6 Å². The predicted molar refractivity (Wildman–Crippen MR) is 73.3 cm³/mol. The summed E-state index contributed by atoms with van der Waals surface area (Å²) in [5, 5.41) is 4.32. The molecule has 19 heavy (non-hydrogen) atoms. The fourth-order valence-corrected chi connectivity index (χ4v) is 2.01. The first kappa shape index (κ1) is 13.3. The number of ether oxygens (including phenoxy) is 1. The Morgan fingerprint density at radius 2 is 1.95 bits per heavy atom. The number of aryl methyl sites for hydroxylation is 2. The van der Waals surface area contributed by atoms with E-state index in [4.69, 9.17) is 10.5 Å². The van der Waals surface area contributed by atoms with Crippen LogP contribution in [0.15, 0.2) is 6.33 Å². The number of nitrogens with two attached hydrogens (primary N) is 1. The molecule has 2 N–H and O–H groups in total. The molecule has 0 radical (unpaired) electrons. The molecule has 0 amide bonds. The molecule has 6 nitrogen and oxygen atoms in total. The van der Waals surface area contributed by atoms with E-state index in [1.54, 1.807) is 4.68 Å². The summed E-state index contributed by atoms with van der Waals surface area (Å²) < 4.78 is 7.70. The first-order chi connectivity index (χ1) is 8.91. The molecule has 2 aromatic rings. The molecule has 2 aromatic heterocycles. The van der Waals surface area contributed by atoms with Crippen LogP contribution in [0.5, 0.6) is 11.6 Å². The fourth-order valence-electron chi connectivity index (χ4n) is 2.01. The van der Waals surface area contributed by atoms with Gasteiger partial charge in [-0.25, -0.2) is 9.97 Å². The highest BCUT2D eigenvalue weighted by Gasteiger charge is 2.18. The van der Waals surface area contributed by atoms with E-state index < -0.39 is 0 Å². The molecule has 0 aliphatic carbocycles. The molecule has 0 fully saturated rings. The van der Waals surface area contributed by atoms with E-state index in [9.17, 15) is 0 Å². The molecule has 0 bridgehead atoms. The number of rotatable bonds is 3. The van der Waals surface area contributed by atoms with Crippen LogP contribution in [0.3, 0.4) is 0 Å². The lowest BCUT2D eigenvalue weighted by Crippen LogP contribution is -2.04. The molecule has 102 valence electrons. The zero-order valence-corrected chi connectivity index (χ0v) is 11.9. The van der Waals surface area contributed by atoms with Crippen molar-refractivity contribution in [3.05, 3.63) is 23.3 Å². The van der Waals surface area contributed by atoms with Gasteiger partial charge in [0.2, 0.25) is 5.88 Å². The molecule has 2 heterocycles. The predicted octanol–water partition coefficient (Wildman–Crippen LogP) is 2.32. The van der Waals surface area contributed by atoms with Crippen molar-refractivity contribution in [3.63, 3.8) is 0 Å². The van der Waals surface area contributed by atoms with E-state index in [0.29, 0.717) is 11.7 Å². The molecule has 0 spiro atoms. The van der Waals surface area contributed by atoms with Gasteiger partial charge >= 0.3 is 0 Å². The molecule has 0 unspecified atom stereocenters. The van der Waals surface area contributed by atoms with Crippen molar-refractivity contribution in [1.82, 2.24) is 19.7 Å². The summed E-state index contributed by atoms with van der Waals surface area (Å²) in [6.07, 6.45) is 1.41. The maximum atomic E-state index is 5.92. The van der Waals surface area contributed by atoms with Crippen molar-refractivity contribution in [2.45, 2.75) is 33.6 Å². The van der Waals surface area contributed by atoms with Gasteiger partial charge in [-0.1, -0.05) is 13.8 Å². The van der Waals surface area contributed by atoms with Gasteiger partial charge in [0.1, 0.15) is 17.8 Å². The zero-order valence-electron chi connectivity index (χ0n) is 11.9. The minimum absolute atomic E-state index is 0.188. The quantitative estimate of drug-likeness (QED) is 0.917. The molecule has 0 saturated heterocycles. The number of nitrogen functional groups attached to an aromatic ring is 1. The summed E-state index contributed by atoms with van der Waals surface area (Å²) in [6.45, 7) is 7.92.